The molecule has 0 bridgehead atoms. The first kappa shape index (κ1) is 15.6. The van der Waals surface area contributed by atoms with E-state index < -0.39 is 10.0 Å². The standard InChI is InChI=1S/C17H19NO2S2/c1-12(2)17-15-6-4-5-7-16(15)21-18(17)22(19,20)14-10-8-13(3)9-11-14/h4-12,17H,1-3H3/t17-/m1/s1. The summed E-state index contributed by atoms with van der Waals surface area (Å²) in [6.45, 7) is 6.07. The molecule has 0 amide bonds. The molecule has 3 rings (SSSR count). The van der Waals surface area contributed by atoms with Crippen molar-refractivity contribution in [2.75, 3.05) is 0 Å². The Kier molecular flexibility index (Phi) is 4.05. The molecule has 3 nitrogen and oxygen atoms in total. The normalized spacial score (nSPS) is 18.6. The Morgan fingerprint density at radius 2 is 1.68 bits per heavy atom. The van der Waals surface area contributed by atoms with E-state index in [2.05, 4.69) is 13.8 Å². The Hall–Kier alpha value is -1.30. The highest BCUT2D eigenvalue weighted by atomic mass is 32.3. The average Bonchev–Trinajstić information content (AvgIpc) is 2.88. The third-order valence-electron chi connectivity index (χ3n) is 3.84. The lowest BCUT2D eigenvalue weighted by atomic mass is 9.97. The lowest BCUT2D eigenvalue weighted by Gasteiger charge is -2.26. The summed E-state index contributed by atoms with van der Waals surface area (Å²) in [6.07, 6.45) is 0. The van der Waals surface area contributed by atoms with Crippen LogP contribution in [0.2, 0.25) is 0 Å². The molecule has 0 N–H and O–H groups in total. The van der Waals surface area contributed by atoms with Gasteiger partial charge in [-0.3, -0.25) is 0 Å². The van der Waals surface area contributed by atoms with Gasteiger partial charge in [-0.15, -0.1) is 3.71 Å². The van der Waals surface area contributed by atoms with Crippen LogP contribution in [0.1, 0.15) is 31.0 Å². The van der Waals surface area contributed by atoms with Crippen molar-refractivity contribution in [3.63, 3.8) is 0 Å². The Balaban J connectivity index is 2.06. The number of nitrogens with zero attached hydrogens (tertiary/aromatic N) is 1. The highest BCUT2D eigenvalue weighted by Crippen LogP contribution is 2.50. The molecule has 22 heavy (non-hydrogen) atoms. The first-order valence-electron chi connectivity index (χ1n) is 7.29. The van der Waals surface area contributed by atoms with Crippen LogP contribution in [0.3, 0.4) is 0 Å². The number of rotatable bonds is 3. The van der Waals surface area contributed by atoms with Crippen molar-refractivity contribution in [2.45, 2.75) is 36.6 Å². The van der Waals surface area contributed by atoms with Crippen LogP contribution in [0.15, 0.2) is 58.3 Å². The van der Waals surface area contributed by atoms with Crippen LogP contribution in [0.5, 0.6) is 0 Å². The first-order valence-corrected chi connectivity index (χ1v) is 9.50. The summed E-state index contributed by atoms with van der Waals surface area (Å²) < 4.78 is 27.6. The van der Waals surface area contributed by atoms with E-state index in [1.807, 2.05) is 43.3 Å². The number of aryl methyl sites for hydroxylation is 1. The molecule has 1 heterocycles. The molecule has 5 heteroatoms. The van der Waals surface area contributed by atoms with Crippen molar-refractivity contribution in [2.24, 2.45) is 5.92 Å². The Labute approximate surface area is 136 Å². The molecule has 2 aromatic carbocycles. The Bertz CT molecular complexity index is 783. The van der Waals surface area contributed by atoms with Crippen molar-refractivity contribution in [3.8, 4) is 0 Å². The van der Waals surface area contributed by atoms with Gasteiger partial charge in [-0.2, -0.15) is 0 Å². The van der Waals surface area contributed by atoms with Gasteiger partial charge in [0.2, 0.25) is 0 Å². The minimum Gasteiger partial charge on any atom is -0.206 e. The maximum absolute atomic E-state index is 13.0. The maximum atomic E-state index is 13.0. The van der Waals surface area contributed by atoms with E-state index in [0.29, 0.717) is 4.90 Å². The largest absolute Gasteiger partial charge is 0.253 e. The summed E-state index contributed by atoms with van der Waals surface area (Å²) in [6, 6.07) is 14.8. The van der Waals surface area contributed by atoms with Crippen LogP contribution in [0, 0.1) is 12.8 Å². The molecule has 116 valence electrons. The molecular weight excluding hydrogens is 314 g/mol. The van der Waals surface area contributed by atoms with Gasteiger partial charge >= 0.3 is 0 Å². The van der Waals surface area contributed by atoms with Crippen molar-refractivity contribution < 1.29 is 8.42 Å². The van der Waals surface area contributed by atoms with Gasteiger partial charge in [0, 0.05) is 4.90 Å². The minimum absolute atomic E-state index is 0.132. The molecule has 0 radical (unpaired) electrons. The first-order chi connectivity index (χ1) is 10.4. The predicted octanol–water partition coefficient (Wildman–Crippen LogP) is 4.40. The fourth-order valence-electron chi connectivity index (χ4n) is 2.69. The smallest absolute Gasteiger partial charge is 0.206 e. The van der Waals surface area contributed by atoms with Gasteiger partial charge in [-0.25, -0.2) is 8.42 Å². The van der Waals surface area contributed by atoms with E-state index >= 15 is 0 Å². The third-order valence-corrected chi connectivity index (χ3v) is 7.20. The Morgan fingerprint density at radius 3 is 2.32 bits per heavy atom. The quantitative estimate of drug-likeness (QED) is 0.781. The second-order valence-corrected chi connectivity index (χ2v) is 8.95. The molecule has 0 fully saturated rings. The fourth-order valence-corrected chi connectivity index (χ4v) is 6.02. The summed E-state index contributed by atoms with van der Waals surface area (Å²) >= 11 is 1.32. The molecule has 1 aliphatic rings. The molecule has 1 atom stereocenters. The van der Waals surface area contributed by atoms with Gasteiger partial charge in [0.15, 0.2) is 0 Å². The highest BCUT2D eigenvalue weighted by molar-refractivity contribution is 8.08. The van der Waals surface area contributed by atoms with Crippen LogP contribution in [-0.4, -0.2) is 12.1 Å². The number of benzene rings is 2. The third kappa shape index (κ3) is 2.57. The Morgan fingerprint density at radius 1 is 1.05 bits per heavy atom. The predicted molar refractivity (Wildman–Crippen MR) is 90.1 cm³/mol. The number of hydrogen-bond donors (Lipinski definition) is 0. The van der Waals surface area contributed by atoms with E-state index in [1.165, 1.54) is 11.9 Å². The summed E-state index contributed by atoms with van der Waals surface area (Å²) in [5, 5.41) is 0. The minimum atomic E-state index is -3.52. The fraction of sp³-hybridized carbons (Fsp3) is 0.294. The van der Waals surface area contributed by atoms with Crippen molar-refractivity contribution in [1.29, 1.82) is 0 Å². The lowest BCUT2D eigenvalue weighted by Crippen LogP contribution is -2.28. The van der Waals surface area contributed by atoms with Gasteiger partial charge in [-0.1, -0.05) is 49.7 Å². The van der Waals surface area contributed by atoms with Crippen molar-refractivity contribution >= 4 is 22.0 Å². The lowest BCUT2D eigenvalue weighted by molar-refractivity contribution is 0.382. The molecule has 0 saturated carbocycles. The summed E-state index contributed by atoms with van der Waals surface area (Å²) in [4.78, 5) is 1.38. The molecule has 0 spiro atoms. The second-order valence-electron chi connectivity index (χ2n) is 5.89. The topological polar surface area (TPSA) is 37.4 Å². The average molecular weight is 333 g/mol. The van der Waals surface area contributed by atoms with Crippen LogP contribution in [0.25, 0.3) is 0 Å². The number of hydrogen-bond acceptors (Lipinski definition) is 3. The zero-order chi connectivity index (χ0) is 15.9. The molecule has 0 saturated heterocycles. The summed E-state index contributed by atoms with van der Waals surface area (Å²) in [5.41, 5.74) is 2.15. The van der Waals surface area contributed by atoms with Crippen LogP contribution in [-0.2, 0) is 10.0 Å². The zero-order valence-corrected chi connectivity index (χ0v) is 14.5. The van der Waals surface area contributed by atoms with E-state index in [9.17, 15) is 8.42 Å². The molecule has 0 aliphatic carbocycles. The van der Waals surface area contributed by atoms with Crippen molar-refractivity contribution in [3.05, 3.63) is 59.7 Å². The van der Waals surface area contributed by atoms with Crippen LogP contribution < -0.4 is 0 Å². The molecule has 0 unspecified atom stereocenters. The SMILES string of the molecule is Cc1ccc(S(=O)(=O)N2Sc3ccccc3[C@H]2C(C)C)cc1. The van der Waals surface area contributed by atoms with E-state index in [1.54, 1.807) is 15.8 Å². The van der Waals surface area contributed by atoms with E-state index in [4.69, 9.17) is 0 Å². The van der Waals surface area contributed by atoms with Gasteiger partial charge in [0.25, 0.3) is 10.0 Å². The summed E-state index contributed by atoms with van der Waals surface area (Å²) in [5.74, 6) is 0.205. The molecular formula is C17H19NO2S2. The van der Waals surface area contributed by atoms with E-state index in [-0.39, 0.29) is 12.0 Å². The molecule has 2 aromatic rings. The monoisotopic (exact) mass is 333 g/mol. The van der Waals surface area contributed by atoms with Crippen LogP contribution in [0.4, 0.5) is 0 Å². The number of fused-ring (bicyclic) bond motifs is 1. The van der Waals surface area contributed by atoms with Gasteiger partial charge in [0.05, 0.1) is 10.9 Å². The van der Waals surface area contributed by atoms with E-state index in [0.717, 1.165) is 16.0 Å². The number of sulfonamides is 1. The zero-order valence-electron chi connectivity index (χ0n) is 12.9. The van der Waals surface area contributed by atoms with Gasteiger partial charge in [-0.05, 0) is 48.6 Å². The maximum Gasteiger partial charge on any atom is 0.253 e. The highest BCUT2D eigenvalue weighted by Gasteiger charge is 2.41. The van der Waals surface area contributed by atoms with Crippen molar-refractivity contribution in [1.82, 2.24) is 3.71 Å². The van der Waals surface area contributed by atoms with Crippen LogP contribution >= 0.6 is 11.9 Å². The van der Waals surface area contributed by atoms with Gasteiger partial charge in [0.1, 0.15) is 0 Å². The summed E-state index contributed by atoms with van der Waals surface area (Å²) in [7, 11) is -3.52. The molecule has 0 aromatic heterocycles. The molecule has 1 aliphatic heterocycles. The second kappa shape index (κ2) is 5.72. The van der Waals surface area contributed by atoms with Gasteiger partial charge < -0.3 is 0 Å².